The first-order valence-electron chi connectivity index (χ1n) is 11.7. The number of rotatable bonds is 11. The second kappa shape index (κ2) is 13.6. The van der Waals surface area contributed by atoms with Crippen molar-refractivity contribution in [3.63, 3.8) is 0 Å². The number of benzene rings is 1. The van der Waals surface area contributed by atoms with Crippen LogP contribution in [0.2, 0.25) is 0 Å². The zero-order valence-electron chi connectivity index (χ0n) is 21.4. The average Bonchev–Trinajstić information content (AvgIpc) is 2.75. The topological polar surface area (TPSA) is 114 Å². The van der Waals surface area contributed by atoms with E-state index in [1.807, 2.05) is 32.9 Å². The number of carbonyl (C=O) groups excluding carboxylic acids is 4. The molecule has 1 rings (SSSR count). The highest BCUT2D eigenvalue weighted by Gasteiger charge is 2.35. The number of amides is 3. The van der Waals surface area contributed by atoms with Crippen molar-refractivity contribution < 1.29 is 28.7 Å². The maximum atomic E-state index is 13.4. The Kier molecular flexibility index (Phi) is 11.5. The molecule has 0 bridgehead atoms. The van der Waals surface area contributed by atoms with Gasteiger partial charge in [-0.1, -0.05) is 31.2 Å². The second-order valence-electron chi connectivity index (χ2n) is 9.02. The van der Waals surface area contributed by atoms with Gasteiger partial charge in [-0.2, -0.15) is 0 Å². The van der Waals surface area contributed by atoms with Gasteiger partial charge in [-0.3, -0.25) is 14.4 Å². The molecule has 0 heterocycles. The third kappa shape index (κ3) is 9.41. The lowest BCUT2D eigenvalue weighted by Gasteiger charge is -2.36. The molecular formula is C25H39N3O6. The Balaban J connectivity index is 3.17. The minimum atomic E-state index is -0.939. The Morgan fingerprint density at radius 2 is 1.71 bits per heavy atom. The highest BCUT2D eigenvalue weighted by molar-refractivity contribution is 5.91. The Morgan fingerprint density at radius 3 is 2.26 bits per heavy atom. The van der Waals surface area contributed by atoms with Crippen molar-refractivity contribution in [2.75, 3.05) is 19.7 Å². The van der Waals surface area contributed by atoms with Gasteiger partial charge in [-0.05, 0) is 59.1 Å². The van der Waals surface area contributed by atoms with Crippen LogP contribution in [0.3, 0.4) is 0 Å². The Morgan fingerprint density at radius 1 is 1.06 bits per heavy atom. The SMILES string of the molecule is CCOC(=O)CCNC(=O)C(c1ccccc1C)N(C(=O)CNC(=O)OC(C)(C)C)C(C)CC. The molecule has 0 aliphatic carbocycles. The van der Waals surface area contributed by atoms with E-state index in [0.717, 1.165) is 5.56 Å². The van der Waals surface area contributed by atoms with Crippen molar-refractivity contribution in [1.29, 1.82) is 0 Å². The number of ether oxygens (including phenoxy) is 2. The van der Waals surface area contributed by atoms with Crippen LogP contribution in [0.15, 0.2) is 24.3 Å². The van der Waals surface area contributed by atoms with Gasteiger partial charge in [0.15, 0.2) is 0 Å². The molecule has 190 valence electrons. The van der Waals surface area contributed by atoms with Crippen LogP contribution in [0.5, 0.6) is 0 Å². The molecule has 0 spiro atoms. The van der Waals surface area contributed by atoms with Gasteiger partial charge in [0.25, 0.3) is 0 Å². The summed E-state index contributed by atoms with van der Waals surface area (Å²) in [6.45, 7) is 12.6. The summed E-state index contributed by atoms with van der Waals surface area (Å²) in [6.07, 6.45) is -0.0925. The summed E-state index contributed by atoms with van der Waals surface area (Å²) in [5.74, 6) is -1.25. The minimum Gasteiger partial charge on any atom is -0.466 e. The summed E-state index contributed by atoms with van der Waals surface area (Å²) >= 11 is 0. The van der Waals surface area contributed by atoms with Crippen molar-refractivity contribution in [3.05, 3.63) is 35.4 Å². The lowest BCUT2D eigenvalue weighted by atomic mass is 9.97. The van der Waals surface area contributed by atoms with Crippen LogP contribution in [-0.4, -0.2) is 60.1 Å². The van der Waals surface area contributed by atoms with E-state index in [-0.39, 0.29) is 32.2 Å². The summed E-state index contributed by atoms with van der Waals surface area (Å²) < 4.78 is 10.1. The van der Waals surface area contributed by atoms with E-state index >= 15 is 0 Å². The minimum absolute atomic E-state index is 0.0253. The highest BCUT2D eigenvalue weighted by Crippen LogP contribution is 2.27. The predicted molar refractivity (Wildman–Crippen MR) is 129 cm³/mol. The normalized spacial score (nSPS) is 12.8. The van der Waals surface area contributed by atoms with E-state index in [9.17, 15) is 19.2 Å². The van der Waals surface area contributed by atoms with Gasteiger partial charge in [0.1, 0.15) is 18.2 Å². The smallest absolute Gasteiger partial charge is 0.408 e. The number of hydrogen-bond acceptors (Lipinski definition) is 6. The fraction of sp³-hybridized carbons (Fsp3) is 0.600. The largest absolute Gasteiger partial charge is 0.466 e. The van der Waals surface area contributed by atoms with Crippen molar-refractivity contribution in [3.8, 4) is 0 Å². The molecule has 9 nitrogen and oxygen atoms in total. The van der Waals surface area contributed by atoms with Gasteiger partial charge in [-0.25, -0.2) is 4.79 Å². The van der Waals surface area contributed by atoms with Crippen molar-refractivity contribution in [1.82, 2.24) is 15.5 Å². The Hall–Kier alpha value is -3.10. The third-order valence-corrected chi connectivity index (χ3v) is 5.08. The summed E-state index contributed by atoms with van der Waals surface area (Å²) in [5, 5.41) is 5.25. The van der Waals surface area contributed by atoms with Crippen LogP contribution in [0, 0.1) is 6.92 Å². The molecule has 2 N–H and O–H groups in total. The molecule has 9 heteroatoms. The number of nitrogens with one attached hydrogen (secondary N) is 2. The predicted octanol–water partition coefficient (Wildman–Crippen LogP) is 3.26. The van der Waals surface area contributed by atoms with Crippen LogP contribution >= 0.6 is 0 Å². The fourth-order valence-corrected chi connectivity index (χ4v) is 3.32. The lowest BCUT2D eigenvalue weighted by Crippen LogP contribution is -2.51. The van der Waals surface area contributed by atoms with E-state index in [4.69, 9.17) is 9.47 Å². The van der Waals surface area contributed by atoms with E-state index in [2.05, 4.69) is 10.6 Å². The van der Waals surface area contributed by atoms with Crippen LogP contribution in [0.4, 0.5) is 4.79 Å². The molecular weight excluding hydrogens is 438 g/mol. The summed E-state index contributed by atoms with van der Waals surface area (Å²) in [4.78, 5) is 51.9. The van der Waals surface area contributed by atoms with Gasteiger partial charge in [-0.15, -0.1) is 0 Å². The first-order valence-corrected chi connectivity index (χ1v) is 11.7. The van der Waals surface area contributed by atoms with Crippen LogP contribution in [0.25, 0.3) is 0 Å². The number of esters is 1. The van der Waals surface area contributed by atoms with E-state index in [1.54, 1.807) is 39.8 Å². The van der Waals surface area contributed by atoms with Gasteiger partial charge in [0.2, 0.25) is 11.8 Å². The molecule has 0 aromatic heterocycles. The molecule has 2 unspecified atom stereocenters. The Bertz CT molecular complexity index is 849. The van der Waals surface area contributed by atoms with Gasteiger partial charge >= 0.3 is 12.1 Å². The van der Waals surface area contributed by atoms with Crippen LogP contribution in [-0.2, 0) is 23.9 Å². The molecule has 3 amide bonds. The van der Waals surface area contributed by atoms with Crippen LogP contribution in [0.1, 0.15) is 71.6 Å². The van der Waals surface area contributed by atoms with Crippen LogP contribution < -0.4 is 10.6 Å². The zero-order valence-corrected chi connectivity index (χ0v) is 21.4. The van der Waals surface area contributed by atoms with Gasteiger partial charge in [0, 0.05) is 12.6 Å². The summed E-state index contributed by atoms with van der Waals surface area (Å²) in [6, 6.07) is 6.09. The summed E-state index contributed by atoms with van der Waals surface area (Å²) in [7, 11) is 0. The Labute approximate surface area is 202 Å². The number of nitrogens with zero attached hydrogens (tertiary/aromatic N) is 1. The molecule has 0 radical (unpaired) electrons. The standard InChI is InChI=1S/C25H39N3O6/c1-8-18(4)28(20(29)16-27-24(32)34-25(5,6)7)22(19-13-11-10-12-17(19)3)23(31)26-15-14-21(30)33-9-2/h10-13,18,22H,8-9,14-16H2,1-7H3,(H,26,31)(H,27,32). The number of aryl methyl sites for hydroxylation is 1. The molecule has 0 aliphatic rings. The van der Waals surface area contributed by atoms with Crippen molar-refractivity contribution in [2.45, 2.75) is 79.0 Å². The number of hydrogen-bond donors (Lipinski definition) is 2. The number of alkyl carbamates (subject to hydrolysis) is 1. The monoisotopic (exact) mass is 477 g/mol. The third-order valence-electron chi connectivity index (χ3n) is 5.08. The van der Waals surface area contributed by atoms with Crippen molar-refractivity contribution in [2.24, 2.45) is 0 Å². The molecule has 1 aromatic rings. The molecule has 0 saturated heterocycles. The van der Waals surface area contributed by atoms with E-state index in [0.29, 0.717) is 12.0 Å². The van der Waals surface area contributed by atoms with Gasteiger partial charge < -0.3 is 25.0 Å². The quantitative estimate of drug-likeness (QED) is 0.473. The first kappa shape index (κ1) is 28.9. The first-order chi connectivity index (χ1) is 15.9. The lowest BCUT2D eigenvalue weighted by molar-refractivity contribution is -0.144. The van der Waals surface area contributed by atoms with E-state index in [1.165, 1.54) is 4.90 Å². The van der Waals surface area contributed by atoms with Crippen molar-refractivity contribution >= 4 is 23.9 Å². The molecule has 0 saturated carbocycles. The zero-order chi connectivity index (χ0) is 25.9. The maximum absolute atomic E-state index is 13.4. The van der Waals surface area contributed by atoms with E-state index < -0.39 is 35.5 Å². The average molecular weight is 478 g/mol. The maximum Gasteiger partial charge on any atom is 0.408 e. The highest BCUT2D eigenvalue weighted by atomic mass is 16.6. The number of carbonyl (C=O) groups is 4. The fourth-order valence-electron chi connectivity index (χ4n) is 3.32. The van der Waals surface area contributed by atoms with Gasteiger partial charge in [0.05, 0.1) is 13.0 Å². The molecule has 0 aliphatic heterocycles. The second-order valence-corrected chi connectivity index (χ2v) is 9.02. The molecule has 2 atom stereocenters. The molecule has 0 fully saturated rings. The summed E-state index contributed by atoms with van der Waals surface area (Å²) in [5.41, 5.74) is 0.808. The molecule has 1 aromatic carbocycles. The molecule has 34 heavy (non-hydrogen) atoms.